The second kappa shape index (κ2) is 3.67. The molecule has 21 heavy (non-hydrogen) atoms. The van der Waals surface area contributed by atoms with E-state index in [0.717, 1.165) is 16.9 Å². The van der Waals surface area contributed by atoms with Crippen molar-refractivity contribution in [1.82, 2.24) is 0 Å². The maximum atomic E-state index is 6.01. The van der Waals surface area contributed by atoms with Crippen LogP contribution in [-0.4, -0.2) is 7.11 Å². The molecule has 2 heteroatoms. The molecule has 0 amide bonds. The Morgan fingerprint density at radius 3 is 2.05 bits per heavy atom. The highest BCUT2D eigenvalue weighted by molar-refractivity contribution is 6.32. The molecule has 0 N–H and O–H groups in total. The number of fused-ring (bicyclic) bond motifs is 3. The molecule has 0 fully saturated rings. The molecule has 0 aliphatic rings. The van der Waals surface area contributed by atoms with Crippen LogP contribution in [-0.2, 0) is 0 Å². The molecule has 0 radical (unpaired) electrons. The summed E-state index contributed by atoms with van der Waals surface area (Å²) in [6, 6.07) is 18.8. The van der Waals surface area contributed by atoms with Crippen molar-refractivity contribution in [1.29, 1.82) is 0 Å². The lowest BCUT2D eigenvalue weighted by Crippen LogP contribution is -1.85. The molecule has 0 bridgehead atoms. The minimum Gasteiger partial charge on any atom is -0.497 e. The second-order valence-corrected chi connectivity index (χ2v) is 5.37. The number of rotatable bonds is 1. The third-order valence-corrected chi connectivity index (χ3v) is 4.33. The van der Waals surface area contributed by atoms with Crippen LogP contribution in [0.25, 0.3) is 43.5 Å². The third kappa shape index (κ3) is 1.27. The highest BCUT2D eigenvalue weighted by atomic mass is 16.5. The maximum absolute atomic E-state index is 6.01. The Labute approximate surface area is 120 Å². The molecule has 1 heterocycles. The van der Waals surface area contributed by atoms with E-state index in [1.54, 1.807) is 7.11 Å². The van der Waals surface area contributed by atoms with Crippen LogP contribution in [0.3, 0.4) is 0 Å². The SMILES string of the molecule is COc1ccc2c(c1)c1cccc3oc4cccc2c4c31. The van der Waals surface area contributed by atoms with Gasteiger partial charge in [0, 0.05) is 10.8 Å². The lowest BCUT2D eigenvalue weighted by molar-refractivity contribution is 0.415. The van der Waals surface area contributed by atoms with Crippen molar-refractivity contribution >= 4 is 43.5 Å². The van der Waals surface area contributed by atoms with Gasteiger partial charge in [0.05, 0.1) is 7.11 Å². The summed E-state index contributed by atoms with van der Waals surface area (Å²) in [5.74, 6) is 0.880. The van der Waals surface area contributed by atoms with E-state index in [9.17, 15) is 0 Å². The zero-order valence-electron chi connectivity index (χ0n) is 11.5. The standard InChI is InChI=1S/C19H12O2/c1-20-11-8-9-12-13-4-2-6-16-18(13)19-14(15(12)10-11)5-3-7-17(19)21-16/h2-10H,1H3. The Bertz CT molecular complexity index is 1120. The number of furan rings is 1. The first-order chi connectivity index (χ1) is 10.4. The maximum Gasteiger partial charge on any atom is 0.136 e. The Balaban J connectivity index is 2.21. The van der Waals surface area contributed by atoms with E-state index in [-0.39, 0.29) is 0 Å². The fraction of sp³-hybridized carbons (Fsp3) is 0.0526. The summed E-state index contributed by atoms with van der Waals surface area (Å²) in [4.78, 5) is 0. The van der Waals surface area contributed by atoms with Crippen molar-refractivity contribution in [3.05, 3.63) is 54.6 Å². The molecular formula is C19H12O2. The van der Waals surface area contributed by atoms with Crippen LogP contribution in [0.2, 0.25) is 0 Å². The average molecular weight is 272 g/mol. The fourth-order valence-corrected chi connectivity index (χ4v) is 3.42. The first-order valence-corrected chi connectivity index (χ1v) is 7.00. The van der Waals surface area contributed by atoms with Crippen molar-refractivity contribution in [2.24, 2.45) is 0 Å². The molecule has 0 unspecified atom stereocenters. The van der Waals surface area contributed by atoms with Gasteiger partial charge in [-0.3, -0.25) is 0 Å². The summed E-state index contributed by atoms with van der Waals surface area (Å²) in [7, 11) is 1.70. The van der Waals surface area contributed by atoms with Crippen LogP contribution in [0, 0.1) is 0 Å². The first kappa shape index (κ1) is 11.0. The summed E-state index contributed by atoms with van der Waals surface area (Å²) in [5, 5.41) is 7.34. The van der Waals surface area contributed by atoms with Crippen LogP contribution >= 0.6 is 0 Å². The highest BCUT2D eigenvalue weighted by Gasteiger charge is 2.16. The molecular weight excluding hydrogens is 260 g/mol. The summed E-state index contributed by atoms with van der Waals surface area (Å²) >= 11 is 0. The minimum atomic E-state index is 0.880. The Morgan fingerprint density at radius 1 is 0.714 bits per heavy atom. The van der Waals surface area contributed by atoms with E-state index >= 15 is 0 Å². The number of benzene rings is 4. The van der Waals surface area contributed by atoms with Gasteiger partial charge in [0.15, 0.2) is 0 Å². The number of ether oxygens (including phenoxy) is 1. The molecule has 100 valence electrons. The van der Waals surface area contributed by atoms with Crippen LogP contribution in [0.5, 0.6) is 5.75 Å². The van der Waals surface area contributed by atoms with E-state index in [1.165, 1.54) is 32.3 Å². The van der Waals surface area contributed by atoms with E-state index in [0.29, 0.717) is 0 Å². The van der Waals surface area contributed by atoms with Crippen molar-refractivity contribution in [3.63, 3.8) is 0 Å². The molecule has 0 saturated carbocycles. The minimum absolute atomic E-state index is 0.880. The highest BCUT2D eigenvalue weighted by Crippen LogP contribution is 2.42. The van der Waals surface area contributed by atoms with Crippen LogP contribution in [0.4, 0.5) is 0 Å². The number of hydrogen-bond acceptors (Lipinski definition) is 2. The van der Waals surface area contributed by atoms with Crippen LogP contribution in [0.15, 0.2) is 59.0 Å². The van der Waals surface area contributed by atoms with Crippen molar-refractivity contribution in [3.8, 4) is 5.75 Å². The van der Waals surface area contributed by atoms with E-state index < -0.39 is 0 Å². The van der Waals surface area contributed by atoms with Crippen molar-refractivity contribution in [2.75, 3.05) is 7.11 Å². The zero-order chi connectivity index (χ0) is 14.0. The summed E-state index contributed by atoms with van der Waals surface area (Å²) in [6.07, 6.45) is 0. The second-order valence-electron chi connectivity index (χ2n) is 5.37. The van der Waals surface area contributed by atoms with Crippen LogP contribution in [0.1, 0.15) is 0 Å². The van der Waals surface area contributed by atoms with Crippen LogP contribution < -0.4 is 4.74 Å². The predicted octanol–water partition coefficient (Wildman–Crippen LogP) is 5.34. The quantitative estimate of drug-likeness (QED) is 0.384. The summed E-state index contributed by atoms with van der Waals surface area (Å²) in [6.45, 7) is 0. The van der Waals surface area contributed by atoms with Gasteiger partial charge in [-0.15, -0.1) is 0 Å². The number of hydrogen-bond donors (Lipinski definition) is 0. The van der Waals surface area contributed by atoms with Gasteiger partial charge in [0.1, 0.15) is 16.9 Å². The molecule has 1 aromatic heterocycles. The number of methoxy groups -OCH3 is 1. The molecule has 0 aliphatic heterocycles. The van der Waals surface area contributed by atoms with Crippen molar-refractivity contribution in [2.45, 2.75) is 0 Å². The fourth-order valence-electron chi connectivity index (χ4n) is 3.42. The van der Waals surface area contributed by atoms with Gasteiger partial charge in [0.25, 0.3) is 0 Å². The zero-order valence-corrected chi connectivity index (χ0v) is 11.5. The predicted molar refractivity (Wildman–Crippen MR) is 86.5 cm³/mol. The average Bonchev–Trinajstić information content (AvgIpc) is 2.93. The monoisotopic (exact) mass is 272 g/mol. The molecule has 4 aromatic carbocycles. The Hall–Kier alpha value is -2.74. The van der Waals surface area contributed by atoms with Gasteiger partial charge in [-0.05, 0) is 45.8 Å². The lowest BCUT2D eigenvalue weighted by atomic mass is 9.94. The van der Waals surface area contributed by atoms with Gasteiger partial charge in [-0.25, -0.2) is 0 Å². The largest absolute Gasteiger partial charge is 0.497 e. The van der Waals surface area contributed by atoms with E-state index in [2.05, 4.69) is 30.3 Å². The van der Waals surface area contributed by atoms with E-state index in [4.69, 9.17) is 9.15 Å². The summed E-state index contributed by atoms with van der Waals surface area (Å²) < 4.78 is 11.4. The van der Waals surface area contributed by atoms with E-state index in [1.807, 2.05) is 24.3 Å². The molecule has 2 nitrogen and oxygen atoms in total. The topological polar surface area (TPSA) is 22.4 Å². The molecule has 0 spiro atoms. The smallest absolute Gasteiger partial charge is 0.136 e. The van der Waals surface area contributed by atoms with Gasteiger partial charge in [-0.2, -0.15) is 0 Å². The Kier molecular flexibility index (Phi) is 1.92. The lowest BCUT2D eigenvalue weighted by Gasteiger charge is -2.09. The van der Waals surface area contributed by atoms with Gasteiger partial charge in [0.2, 0.25) is 0 Å². The van der Waals surface area contributed by atoms with Gasteiger partial charge >= 0.3 is 0 Å². The van der Waals surface area contributed by atoms with Gasteiger partial charge in [-0.1, -0.05) is 30.3 Å². The first-order valence-electron chi connectivity index (χ1n) is 7.00. The summed E-state index contributed by atoms with van der Waals surface area (Å²) in [5.41, 5.74) is 1.90. The third-order valence-electron chi connectivity index (χ3n) is 4.33. The molecule has 0 atom stereocenters. The van der Waals surface area contributed by atoms with Gasteiger partial charge < -0.3 is 9.15 Å². The molecule has 5 rings (SSSR count). The molecule has 0 saturated heterocycles. The molecule has 0 aliphatic carbocycles. The Morgan fingerprint density at radius 2 is 1.38 bits per heavy atom. The normalized spacial score (nSPS) is 12.0. The molecule has 5 aromatic rings. The van der Waals surface area contributed by atoms with Crippen molar-refractivity contribution < 1.29 is 9.15 Å².